The largest absolute Gasteiger partial charge is 0.458 e. The lowest BCUT2D eigenvalue weighted by atomic mass is 10.4. The van der Waals surface area contributed by atoms with Crippen LogP contribution in [0.4, 0.5) is 5.69 Å². The molecule has 0 aliphatic rings. The first-order valence-electron chi connectivity index (χ1n) is 5.68. The predicted molar refractivity (Wildman–Crippen MR) is 65.2 cm³/mol. The minimum absolute atomic E-state index is 0.136. The van der Waals surface area contributed by atoms with Gasteiger partial charge in [-0.15, -0.1) is 0 Å². The molecule has 0 saturated carbocycles. The van der Waals surface area contributed by atoms with Gasteiger partial charge in [0.25, 0.3) is 0 Å². The molecular formula is C11H19N3O4. The Kier molecular flexibility index (Phi) is 6.16. The van der Waals surface area contributed by atoms with Crippen LogP contribution in [0.15, 0.2) is 6.20 Å². The Bertz CT molecular complexity index is 378. The number of esters is 1. The molecule has 7 heteroatoms. The fourth-order valence-corrected chi connectivity index (χ4v) is 1.33. The van der Waals surface area contributed by atoms with E-state index in [1.54, 1.807) is 20.4 Å². The Balaban J connectivity index is 2.16. The molecule has 0 aromatic carbocycles. The second-order valence-electron chi connectivity index (χ2n) is 3.70. The Morgan fingerprint density at radius 1 is 1.39 bits per heavy atom. The average molecular weight is 257 g/mol. The fourth-order valence-electron chi connectivity index (χ4n) is 1.33. The normalized spacial score (nSPS) is 10.6. The molecule has 1 rings (SSSR count). The SMILES string of the molecule is COCCCOCCOC(=O)c1nn(C)cc1N. The van der Waals surface area contributed by atoms with E-state index >= 15 is 0 Å². The molecule has 0 saturated heterocycles. The molecule has 0 atom stereocenters. The van der Waals surface area contributed by atoms with Gasteiger partial charge in [-0.1, -0.05) is 0 Å². The van der Waals surface area contributed by atoms with Crippen molar-refractivity contribution in [1.82, 2.24) is 9.78 Å². The molecule has 0 amide bonds. The van der Waals surface area contributed by atoms with Gasteiger partial charge < -0.3 is 19.9 Å². The van der Waals surface area contributed by atoms with Gasteiger partial charge in [-0.25, -0.2) is 4.79 Å². The third-order valence-electron chi connectivity index (χ3n) is 2.15. The van der Waals surface area contributed by atoms with E-state index < -0.39 is 5.97 Å². The minimum atomic E-state index is -0.534. The van der Waals surface area contributed by atoms with Crippen molar-refractivity contribution in [2.24, 2.45) is 7.05 Å². The molecule has 102 valence electrons. The number of aryl methyl sites for hydroxylation is 1. The third-order valence-corrected chi connectivity index (χ3v) is 2.15. The number of methoxy groups -OCH3 is 1. The van der Waals surface area contributed by atoms with Crippen molar-refractivity contribution in [3.05, 3.63) is 11.9 Å². The minimum Gasteiger partial charge on any atom is -0.458 e. The highest BCUT2D eigenvalue weighted by Gasteiger charge is 2.15. The topological polar surface area (TPSA) is 88.6 Å². The molecule has 1 aromatic heterocycles. The summed E-state index contributed by atoms with van der Waals surface area (Å²) in [5, 5.41) is 3.91. The number of hydrogen-bond donors (Lipinski definition) is 1. The molecule has 1 aromatic rings. The van der Waals surface area contributed by atoms with E-state index in [-0.39, 0.29) is 12.3 Å². The van der Waals surface area contributed by atoms with E-state index in [0.717, 1.165) is 6.42 Å². The summed E-state index contributed by atoms with van der Waals surface area (Å²) in [6, 6.07) is 0. The first kappa shape index (κ1) is 14.5. The Labute approximate surface area is 106 Å². The number of hydrogen-bond acceptors (Lipinski definition) is 6. The lowest BCUT2D eigenvalue weighted by Crippen LogP contribution is -2.13. The quantitative estimate of drug-likeness (QED) is 0.529. The molecule has 0 fully saturated rings. The molecule has 0 spiro atoms. The van der Waals surface area contributed by atoms with Gasteiger partial charge in [-0.05, 0) is 6.42 Å². The zero-order valence-corrected chi connectivity index (χ0v) is 10.7. The van der Waals surface area contributed by atoms with Crippen LogP contribution in [0.5, 0.6) is 0 Å². The second-order valence-corrected chi connectivity index (χ2v) is 3.70. The van der Waals surface area contributed by atoms with Crippen LogP contribution in [0.2, 0.25) is 0 Å². The molecule has 0 bridgehead atoms. The van der Waals surface area contributed by atoms with E-state index in [2.05, 4.69) is 5.10 Å². The highest BCUT2D eigenvalue weighted by atomic mass is 16.6. The van der Waals surface area contributed by atoms with Gasteiger partial charge >= 0.3 is 5.97 Å². The standard InChI is InChI=1S/C11H19N3O4/c1-14-8-9(12)10(13-14)11(15)18-7-6-17-5-3-4-16-2/h8H,3-7,12H2,1-2H3. The molecule has 1 heterocycles. The van der Waals surface area contributed by atoms with Crippen molar-refractivity contribution in [2.75, 3.05) is 39.3 Å². The van der Waals surface area contributed by atoms with Gasteiger partial charge in [-0.2, -0.15) is 5.10 Å². The third kappa shape index (κ3) is 4.72. The zero-order chi connectivity index (χ0) is 13.4. The number of nitrogens with two attached hydrogens (primary N) is 1. The van der Waals surface area contributed by atoms with Crippen LogP contribution >= 0.6 is 0 Å². The van der Waals surface area contributed by atoms with E-state index in [4.69, 9.17) is 19.9 Å². The van der Waals surface area contributed by atoms with Crippen LogP contribution in [-0.2, 0) is 21.3 Å². The fraction of sp³-hybridized carbons (Fsp3) is 0.636. The van der Waals surface area contributed by atoms with Crippen molar-refractivity contribution >= 4 is 11.7 Å². The van der Waals surface area contributed by atoms with Crippen LogP contribution in [0, 0.1) is 0 Å². The number of anilines is 1. The molecule has 18 heavy (non-hydrogen) atoms. The Hall–Kier alpha value is -1.60. The van der Waals surface area contributed by atoms with Gasteiger partial charge in [0.05, 0.1) is 12.3 Å². The van der Waals surface area contributed by atoms with Gasteiger partial charge in [-0.3, -0.25) is 4.68 Å². The maximum atomic E-state index is 11.6. The summed E-state index contributed by atoms with van der Waals surface area (Å²) in [4.78, 5) is 11.6. The van der Waals surface area contributed by atoms with Crippen molar-refractivity contribution in [3.8, 4) is 0 Å². The summed E-state index contributed by atoms with van der Waals surface area (Å²) in [6.07, 6.45) is 2.37. The second kappa shape index (κ2) is 7.67. The number of rotatable bonds is 8. The summed E-state index contributed by atoms with van der Waals surface area (Å²) < 4.78 is 16.6. The highest BCUT2D eigenvalue weighted by Crippen LogP contribution is 2.09. The molecule has 0 aliphatic heterocycles. The number of carbonyl (C=O) groups is 1. The lowest BCUT2D eigenvalue weighted by Gasteiger charge is -2.05. The zero-order valence-electron chi connectivity index (χ0n) is 10.7. The number of ether oxygens (including phenoxy) is 3. The van der Waals surface area contributed by atoms with Gasteiger partial charge in [0, 0.05) is 33.6 Å². The number of carbonyl (C=O) groups excluding carboxylic acids is 1. The molecule has 2 N–H and O–H groups in total. The Morgan fingerprint density at radius 3 is 2.78 bits per heavy atom. The summed E-state index contributed by atoms with van der Waals surface area (Å²) in [5.41, 5.74) is 6.04. The van der Waals surface area contributed by atoms with Crippen molar-refractivity contribution in [2.45, 2.75) is 6.42 Å². The van der Waals surface area contributed by atoms with Crippen molar-refractivity contribution in [3.63, 3.8) is 0 Å². The van der Waals surface area contributed by atoms with Gasteiger partial charge in [0.2, 0.25) is 0 Å². The molecule has 0 aliphatic carbocycles. The van der Waals surface area contributed by atoms with E-state index in [0.29, 0.717) is 25.5 Å². The van der Waals surface area contributed by atoms with Crippen LogP contribution < -0.4 is 5.73 Å². The summed E-state index contributed by atoms with van der Waals surface area (Å²) in [5.74, 6) is -0.534. The van der Waals surface area contributed by atoms with E-state index in [1.165, 1.54) is 4.68 Å². The first-order valence-corrected chi connectivity index (χ1v) is 5.68. The van der Waals surface area contributed by atoms with Crippen LogP contribution in [0.3, 0.4) is 0 Å². The number of aromatic nitrogens is 2. The summed E-state index contributed by atoms with van der Waals surface area (Å²) in [6.45, 7) is 1.77. The first-order chi connectivity index (χ1) is 8.65. The van der Waals surface area contributed by atoms with E-state index in [9.17, 15) is 4.79 Å². The lowest BCUT2D eigenvalue weighted by molar-refractivity contribution is 0.0283. The molecule has 0 radical (unpaired) electrons. The van der Waals surface area contributed by atoms with Gasteiger partial charge in [0.15, 0.2) is 5.69 Å². The predicted octanol–water partition coefficient (Wildman–Crippen LogP) is 0.212. The summed E-state index contributed by atoms with van der Waals surface area (Å²) >= 11 is 0. The monoisotopic (exact) mass is 257 g/mol. The summed E-state index contributed by atoms with van der Waals surface area (Å²) in [7, 11) is 3.32. The molecular weight excluding hydrogens is 238 g/mol. The maximum absolute atomic E-state index is 11.6. The van der Waals surface area contributed by atoms with E-state index in [1.807, 2.05) is 0 Å². The maximum Gasteiger partial charge on any atom is 0.361 e. The molecule has 7 nitrogen and oxygen atoms in total. The van der Waals surface area contributed by atoms with Gasteiger partial charge in [0.1, 0.15) is 6.61 Å². The number of nitrogen functional groups attached to an aromatic ring is 1. The van der Waals surface area contributed by atoms with Crippen LogP contribution in [0.1, 0.15) is 16.9 Å². The smallest absolute Gasteiger partial charge is 0.361 e. The van der Waals surface area contributed by atoms with Crippen molar-refractivity contribution < 1.29 is 19.0 Å². The Morgan fingerprint density at radius 2 is 2.17 bits per heavy atom. The highest BCUT2D eigenvalue weighted by molar-refractivity contribution is 5.92. The van der Waals surface area contributed by atoms with Crippen molar-refractivity contribution in [1.29, 1.82) is 0 Å². The molecule has 0 unspecified atom stereocenters. The average Bonchev–Trinajstić information content (AvgIpc) is 2.67. The van der Waals surface area contributed by atoms with Crippen LogP contribution in [0.25, 0.3) is 0 Å². The number of nitrogens with zero attached hydrogens (tertiary/aromatic N) is 2. The van der Waals surface area contributed by atoms with Crippen LogP contribution in [-0.4, -0.2) is 49.3 Å².